The number of likely N-dealkylation sites (tertiary alicyclic amines) is 1. The van der Waals surface area contributed by atoms with Crippen LogP contribution in [0.3, 0.4) is 0 Å². The van der Waals surface area contributed by atoms with Gasteiger partial charge in [-0.15, -0.1) is 10.2 Å². The van der Waals surface area contributed by atoms with E-state index in [0.717, 1.165) is 50.0 Å². The van der Waals surface area contributed by atoms with Gasteiger partial charge in [0, 0.05) is 11.8 Å². The molecule has 0 saturated carbocycles. The van der Waals surface area contributed by atoms with Crippen molar-refractivity contribution in [1.82, 2.24) is 25.0 Å². The van der Waals surface area contributed by atoms with Crippen LogP contribution >= 0.6 is 0 Å². The summed E-state index contributed by atoms with van der Waals surface area (Å²) in [5.74, 6) is -1.08. The zero-order chi connectivity index (χ0) is 27.0. The summed E-state index contributed by atoms with van der Waals surface area (Å²) in [4.78, 5) is 35.1. The number of aromatic nitrogens is 3. The first kappa shape index (κ1) is 26.1. The summed E-state index contributed by atoms with van der Waals surface area (Å²) in [5, 5.41) is 6.95. The number of benzene rings is 1. The predicted octanol–water partition coefficient (Wildman–Crippen LogP) is 5.12. The van der Waals surface area contributed by atoms with Crippen molar-refractivity contribution in [3.63, 3.8) is 0 Å². The van der Waals surface area contributed by atoms with Gasteiger partial charge in [-0.3, -0.25) is 19.5 Å². The molecule has 200 valence electrons. The maximum atomic E-state index is 13.6. The van der Waals surface area contributed by atoms with E-state index in [4.69, 9.17) is 4.42 Å². The van der Waals surface area contributed by atoms with Gasteiger partial charge in [0.05, 0.1) is 23.2 Å². The molecule has 8 nitrogen and oxygen atoms in total. The Kier molecular flexibility index (Phi) is 7.09. The van der Waals surface area contributed by atoms with E-state index in [-0.39, 0.29) is 24.2 Å². The van der Waals surface area contributed by atoms with Crippen molar-refractivity contribution < 1.29 is 22.8 Å². The first-order valence-corrected chi connectivity index (χ1v) is 13.0. The fourth-order valence-electron chi connectivity index (χ4n) is 5.42. The lowest BCUT2D eigenvalue weighted by atomic mass is 9.75. The van der Waals surface area contributed by atoms with E-state index in [2.05, 4.69) is 33.1 Å². The van der Waals surface area contributed by atoms with Gasteiger partial charge >= 0.3 is 6.43 Å². The average molecular weight is 524 g/mol. The third-order valence-corrected chi connectivity index (χ3v) is 7.59. The van der Waals surface area contributed by atoms with Gasteiger partial charge in [-0.1, -0.05) is 19.1 Å². The lowest BCUT2D eigenvalue weighted by molar-refractivity contribution is -0.134. The smallest absolute Gasteiger partial charge is 0.314 e. The molecule has 1 fully saturated rings. The molecule has 3 aromatic rings. The van der Waals surface area contributed by atoms with Crippen molar-refractivity contribution in [2.75, 3.05) is 19.6 Å². The topological polar surface area (TPSA) is 92.4 Å². The van der Waals surface area contributed by atoms with Gasteiger partial charge in [0.1, 0.15) is 0 Å². The predicted molar refractivity (Wildman–Crippen MR) is 136 cm³/mol. The van der Waals surface area contributed by atoms with Gasteiger partial charge < -0.3 is 9.32 Å². The molecule has 5 rings (SSSR count). The van der Waals surface area contributed by atoms with Crippen LogP contribution in [0.4, 0.5) is 8.78 Å². The molecule has 0 spiro atoms. The number of hydrogen-bond donors (Lipinski definition) is 0. The van der Waals surface area contributed by atoms with E-state index < -0.39 is 17.7 Å². The Morgan fingerprint density at radius 1 is 1.11 bits per heavy atom. The van der Waals surface area contributed by atoms with Crippen LogP contribution in [-0.4, -0.2) is 56.4 Å². The highest BCUT2D eigenvalue weighted by molar-refractivity contribution is 6.12. The van der Waals surface area contributed by atoms with E-state index >= 15 is 0 Å². The minimum atomic E-state index is -2.86. The van der Waals surface area contributed by atoms with Gasteiger partial charge in [0.2, 0.25) is 11.8 Å². The number of piperidine rings is 1. The average Bonchev–Trinajstić information content (AvgIpc) is 3.42. The molecule has 0 N–H and O–H groups in total. The van der Waals surface area contributed by atoms with E-state index in [1.165, 1.54) is 11.1 Å². The second kappa shape index (κ2) is 10.3. The van der Waals surface area contributed by atoms with Gasteiger partial charge in [-0.2, -0.15) is 8.78 Å². The standard InChI is InChI=1S/C28H31F2N5O3/c1-4-11-34-12-9-17(10-13-34)18-6-8-22-21(14-18)26(36)35(27(37)28(22,2)3)16-20-7-5-19(15-31-20)24-32-33-25(38-24)23(29)30/h5-8,14-15,17,23H,4,9-13,16H2,1-3H3. The van der Waals surface area contributed by atoms with Crippen LogP contribution in [0.1, 0.15) is 85.4 Å². The highest BCUT2D eigenvalue weighted by Gasteiger charge is 2.44. The SMILES string of the molecule is CCCN1CCC(c2ccc3c(c2)C(=O)N(Cc2ccc(-c4nnc(C(F)F)o4)cn2)C(=O)C3(C)C)CC1. The molecule has 10 heteroatoms. The molecule has 0 aliphatic carbocycles. The number of rotatable bonds is 7. The lowest BCUT2D eigenvalue weighted by Crippen LogP contribution is -2.51. The molecular formula is C28H31F2N5O3. The molecule has 0 radical (unpaired) electrons. The van der Waals surface area contributed by atoms with Crippen molar-refractivity contribution in [3.8, 4) is 11.5 Å². The third kappa shape index (κ3) is 4.84. The molecule has 0 atom stereocenters. The molecule has 0 bridgehead atoms. The number of imide groups is 1. The minimum absolute atomic E-state index is 0.00737. The summed E-state index contributed by atoms with van der Waals surface area (Å²) < 4.78 is 30.5. The molecule has 1 saturated heterocycles. The van der Waals surface area contributed by atoms with Crippen LogP contribution in [0.5, 0.6) is 0 Å². The highest BCUT2D eigenvalue weighted by Crippen LogP contribution is 2.38. The van der Waals surface area contributed by atoms with Crippen molar-refractivity contribution >= 4 is 11.8 Å². The zero-order valence-corrected chi connectivity index (χ0v) is 21.8. The zero-order valence-electron chi connectivity index (χ0n) is 21.8. The maximum absolute atomic E-state index is 13.6. The third-order valence-electron chi connectivity index (χ3n) is 7.59. The minimum Gasteiger partial charge on any atom is -0.415 e. The van der Waals surface area contributed by atoms with Crippen LogP contribution in [0.25, 0.3) is 11.5 Å². The Morgan fingerprint density at radius 2 is 1.87 bits per heavy atom. The fraction of sp³-hybridized carbons (Fsp3) is 0.464. The number of carbonyl (C=O) groups is 2. The fourth-order valence-corrected chi connectivity index (χ4v) is 5.42. The Balaban J connectivity index is 1.36. The maximum Gasteiger partial charge on any atom is 0.314 e. The number of halogens is 2. The summed E-state index contributed by atoms with van der Waals surface area (Å²) in [5.41, 5.74) is 2.41. The summed E-state index contributed by atoms with van der Waals surface area (Å²) in [6, 6.07) is 9.21. The monoisotopic (exact) mass is 523 g/mol. The van der Waals surface area contributed by atoms with E-state index in [1.54, 1.807) is 12.1 Å². The molecular weight excluding hydrogens is 492 g/mol. The van der Waals surface area contributed by atoms with Crippen molar-refractivity contribution in [1.29, 1.82) is 0 Å². The summed E-state index contributed by atoms with van der Waals surface area (Å²) >= 11 is 0. The van der Waals surface area contributed by atoms with Crippen molar-refractivity contribution in [2.45, 2.75) is 64.3 Å². The number of amides is 2. The molecule has 4 heterocycles. The van der Waals surface area contributed by atoms with Crippen LogP contribution in [0.15, 0.2) is 40.9 Å². The molecule has 2 aliphatic heterocycles. The first-order valence-electron chi connectivity index (χ1n) is 13.0. The molecule has 2 amide bonds. The number of hydrogen-bond acceptors (Lipinski definition) is 7. The van der Waals surface area contributed by atoms with Crippen LogP contribution in [0, 0.1) is 0 Å². The number of carbonyl (C=O) groups excluding carboxylic acids is 2. The molecule has 1 aromatic carbocycles. The van der Waals surface area contributed by atoms with Gasteiger partial charge in [-0.05, 0) is 88.0 Å². The quantitative estimate of drug-likeness (QED) is 0.397. The van der Waals surface area contributed by atoms with Crippen LogP contribution < -0.4 is 0 Å². The number of fused-ring (bicyclic) bond motifs is 1. The number of pyridine rings is 1. The Labute approximate surface area is 220 Å². The number of alkyl halides is 2. The second-order valence-corrected chi connectivity index (χ2v) is 10.5. The highest BCUT2D eigenvalue weighted by atomic mass is 19.3. The summed E-state index contributed by atoms with van der Waals surface area (Å²) in [6.45, 7) is 9.07. The molecule has 2 aliphatic rings. The Morgan fingerprint density at radius 3 is 2.50 bits per heavy atom. The van der Waals surface area contributed by atoms with Crippen LogP contribution in [-0.2, 0) is 16.8 Å². The van der Waals surface area contributed by atoms with E-state index in [0.29, 0.717) is 22.7 Å². The normalized spacial score (nSPS) is 18.3. The van der Waals surface area contributed by atoms with Crippen LogP contribution in [0.2, 0.25) is 0 Å². The van der Waals surface area contributed by atoms with Crippen molar-refractivity contribution in [3.05, 3.63) is 64.8 Å². The van der Waals surface area contributed by atoms with E-state index in [9.17, 15) is 18.4 Å². The van der Waals surface area contributed by atoms with Gasteiger partial charge in [0.25, 0.3) is 11.8 Å². The first-order chi connectivity index (χ1) is 18.2. The van der Waals surface area contributed by atoms with E-state index in [1.807, 2.05) is 26.0 Å². The molecule has 2 aromatic heterocycles. The Hall–Kier alpha value is -3.53. The largest absolute Gasteiger partial charge is 0.415 e. The van der Waals surface area contributed by atoms with Gasteiger partial charge in [0.15, 0.2) is 0 Å². The molecule has 0 unspecified atom stereocenters. The second-order valence-electron chi connectivity index (χ2n) is 10.5. The molecule has 38 heavy (non-hydrogen) atoms. The summed E-state index contributed by atoms with van der Waals surface area (Å²) in [6.07, 6.45) is 1.78. The number of nitrogens with zero attached hydrogens (tertiary/aromatic N) is 5. The lowest BCUT2D eigenvalue weighted by Gasteiger charge is -2.38. The van der Waals surface area contributed by atoms with Gasteiger partial charge in [-0.25, -0.2) is 0 Å². The Bertz CT molecular complexity index is 1330. The van der Waals surface area contributed by atoms with Crippen molar-refractivity contribution in [2.24, 2.45) is 0 Å². The summed E-state index contributed by atoms with van der Waals surface area (Å²) in [7, 11) is 0.